The van der Waals surface area contributed by atoms with Crippen LogP contribution in [0.5, 0.6) is 0 Å². The van der Waals surface area contributed by atoms with Gasteiger partial charge in [-0.3, -0.25) is 0 Å². The number of hydrogen-bond acceptors (Lipinski definition) is 4. The van der Waals surface area contributed by atoms with Gasteiger partial charge in [0.1, 0.15) is 5.52 Å². The molecule has 92 valence electrons. The van der Waals surface area contributed by atoms with Crippen molar-refractivity contribution in [2.24, 2.45) is 0 Å². The Kier molecular flexibility index (Phi) is 3.93. The van der Waals surface area contributed by atoms with Crippen LogP contribution >= 0.6 is 0 Å². The van der Waals surface area contributed by atoms with Crippen LogP contribution in [0, 0.1) is 0 Å². The van der Waals surface area contributed by atoms with Crippen LogP contribution in [-0.4, -0.2) is 34.4 Å². The summed E-state index contributed by atoms with van der Waals surface area (Å²) >= 11 is 0. The number of rotatable bonds is 6. The van der Waals surface area contributed by atoms with Crippen molar-refractivity contribution in [1.29, 1.82) is 0 Å². The number of aromatic nitrogens is 3. The zero-order valence-electron chi connectivity index (χ0n) is 10.3. The topological polar surface area (TPSA) is 51.5 Å². The average Bonchev–Trinajstić information content (AvgIpc) is 2.79. The van der Waals surface area contributed by atoms with Gasteiger partial charge in [0.15, 0.2) is 5.82 Å². The van der Waals surface area contributed by atoms with Crippen molar-refractivity contribution < 1.29 is 4.74 Å². The van der Waals surface area contributed by atoms with E-state index in [0.29, 0.717) is 12.6 Å². The van der Waals surface area contributed by atoms with Gasteiger partial charge in [0.05, 0.1) is 18.8 Å². The van der Waals surface area contributed by atoms with Crippen molar-refractivity contribution in [3.05, 3.63) is 24.7 Å². The van der Waals surface area contributed by atoms with Crippen LogP contribution in [0.1, 0.15) is 19.8 Å². The standard InChI is InChI=1S/C12H18N4O/c1-3-4-10(9-17-2)15-12-11-5-6-14-16(11)8-7-13-12/h5-8,10H,3-4,9H2,1-2H3,(H,13,15). The maximum absolute atomic E-state index is 5.21. The van der Waals surface area contributed by atoms with E-state index in [2.05, 4.69) is 22.3 Å². The first-order valence-electron chi connectivity index (χ1n) is 5.89. The first-order valence-corrected chi connectivity index (χ1v) is 5.89. The molecule has 0 aliphatic carbocycles. The second-order valence-corrected chi connectivity index (χ2v) is 4.02. The molecule has 2 aromatic heterocycles. The van der Waals surface area contributed by atoms with E-state index in [1.165, 1.54) is 0 Å². The molecule has 1 unspecified atom stereocenters. The normalized spacial score (nSPS) is 12.8. The third-order valence-electron chi connectivity index (χ3n) is 2.67. The molecule has 0 radical (unpaired) electrons. The predicted octanol–water partition coefficient (Wildman–Crippen LogP) is 1.96. The van der Waals surface area contributed by atoms with Crippen LogP contribution in [0.2, 0.25) is 0 Å². The Labute approximate surface area is 101 Å². The largest absolute Gasteiger partial charge is 0.383 e. The zero-order chi connectivity index (χ0) is 12.1. The maximum atomic E-state index is 5.21. The molecule has 0 fully saturated rings. The Bertz CT molecular complexity index is 462. The Hall–Kier alpha value is -1.62. The van der Waals surface area contributed by atoms with Crippen molar-refractivity contribution in [1.82, 2.24) is 14.6 Å². The minimum atomic E-state index is 0.290. The van der Waals surface area contributed by atoms with E-state index in [1.54, 1.807) is 19.5 Å². The summed E-state index contributed by atoms with van der Waals surface area (Å²) in [4.78, 5) is 4.36. The fourth-order valence-corrected chi connectivity index (χ4v) is 1.91. The quantitative estimate of drug-likeness (QED) is 0.830. The van der Waals surface area contributed by atoms with Crippen molar-refractivity contribution >= 4 is 11.3 Å². The summed E-state index contributed by atoms with van der Waals surface area (Å²) < 4.78 is 7.02. The Morgan fingerprint density at radius 2 is 2.35 bits per heavy atom. The van der Waals surface area contributed by atoms with E-state index in [-0.39, 0.29) is 0 Å². The van der Waals surface area contributed by atoms with E-state index in [9.17, 15) is 0 Å². The van der Waals surface area contributed by atoms with Gasteiger partial charge in [-0.2, -0.15) is 5.10 Å². The number of fused-ring (bicyclic) bond motifs is 1. The molecular weight excluding hydrogens is 216 g/mol. The summed E-state index contributed by atoms with van der Waals surface area (Å²) in [6.07, 6.45) is 7.53. The molecule has 2 rings (SSSR count). The van der Waals surface area contributed by atoms with Crippen molar-refractivity contribution in [2.75, 3.05) is 19.0 Å². The highest BCUT2D eigenvalue weighted by molar-refractivity contribution is 5.67. The molecule has 2 heterocycles. The first kappa shape index (κ1) is 11.9. The molecule has 0 saturated heterocycles. The highest BCUT2D eigenvalue weighted by atomic mass is 16.5. The molecule has 0 aliphatic heterocycles. The van der Waals surface area contributed by atoms with E-state index in [4.69, 9.17) is 4.74 Å². The average molecular weight is 234 g/mol. The minimum absolute atomic E-state index is 0.290. The van der Waals surface area contributed by atoms with Gasteiger partial charge in [-0.05, 0) is 12.5 Å². The molecule has 0 aliphatic rings. The van der Waals surface area contributed by atoms with Crippen molar-refractivity contribution in [3.8, 4) is 0 Å². The van der Waals surface area contributed by atoms with E-state index in [1.807, 2.05) is 16.8 Å². The van der Waals surface area contributed by atoms with Crippen LogP contribution < -0.4 is 5.32 Å². The number of nitrogens with zero attached hydrogens (tertiary/aromatic N) is 3. The number of anilines is 1. The molecule has 1 N–H and O–H groups in total. The minimum Gasteiger partial charge on any atom is -0.383 e. The van der Waals surface area contributed by atoms with E-state index < -0.39 is 0 Å². The molecule has 1 atom stereocenters. The SMILES string of the molecule is CCCC(COC)Nc1nccn2nccc12. The molecule has 17 heavy (non-hydrogen) atoms. The van der Waals surface area contributed by atoms with Gasteiger partial charge < -0.3 is 10.1 Å². The van der Waals surface area contributed by atoms with Gasteiger partial charge in [-0.15, -0.1) is 0 Å². The number of nitrogens with one attached hydrogen (secondary N) is 1. The monoisotopic (exact) mass is 234 g/mol. The van der Waals surface area contributed by atoms with Crippen LogP contribution in [0.4, 0.5) is 5.82 Å². The van der Waals surface area contributed by atoms with Crippen LogP contribution in [0.25, 0.3) is 5.52 Å². The third kappa shape index (κ3) is 2.74. The van der Waals surface area contributed by atoms with Gasteiger partial charge in [0, 0.05) is 19.5 Å². The second-order valence-electron chi connectivity index (χ2n) is 4.02. The molecule has 5 nitrogen and oxygen atoms in total. The third-order valence-corrected chi connectivity index (χ3v) is 2.67. The van der Waals surface area contributed by atoms with Crippen LogP contribution in [0.3, 0.4) is 0 Å². The molecule has 0 amide bonds. The van der Waals surface area contributed by atoms with Gasteiger partial charge in [0.2, 0.25) is 0 Å². The van der Waals surface area contributed by atoms with Crippen LogP contribution in [0.15, 0.2) is 24.7 Å². The van der Waals surface area contributed by atoms with Crippen molar-refractivity contribution in [2.45, 2.75) is 25.8 Å². The van der Waals surface area contributed by atoms with Gasteiger partial charge in [-0.1, -0.05) is 13.3 Å². The molecule has 0 bridgehead atoms. The molecule has 0 aromatic carbocycles. The van der Waals surface area contributed by atoms with Gasteiger partial charge in [0.25, 0.3) is 0 Å². The van der Waals surface area contributed by atoms with Crippen LogP contribution in [-0.2, 0) is 4.74 Å². The number of methoxy groups -OCH3 is 1. The summed E-state index contributed by atoms with van der Waals surface area (Å²) in [5.74, 6) is 0.862. The van der Waals surface area contributed by atoms with E-state index in [0.717, 1.165) is 24.2 Å². The Balaban J connectivity index is 2.18. The summed E-state index contributed by atoms with van der Waals surface area (Å²) in [5.41, 5.74) is 0.990. The summed E-state index contributed by atoms with van der Waals surface area (Å²) in [5, 5.41) is 7.60. The lowest BCUT2D eigenvalue weighted by atomic mass is 10.2. The first-order chi connectivity index (χ1) is 8.35. The lowest BCUT2D eigenvalue weighted by molar-refractivity contribution is 0.182. The lowest BCUT2D eigenvalue weighted by Crippen LogP contribution is -2.25. The van der Waals surface area contributed by atoms with E-state index >= 15 is 0 Å². The smallest absolute Gasteiger partial charge is 0.152 e. The van der Waals surface area contributed by atoms with Gasteiger partial charge >= 0.3 is 0 Å². The predicted molar refractivity (Wildman–Crippen MR) is 67.2 cm³/mol. The summed E-state index contributed by atoms with van der Waals surface area (Å²) in [6, 6.07) is 2.24. The molecule has 5 heteroatoms. The fraction of sp³-hybridized carbons (Fsp3) is 0.500. The number of ether oxygens (including phenoxy) is 1. The highest BCUT2D eigenvalue weighted by Gasteiger charge is 2.10. The lowest BCUT2D eigenvalue weighted by Gasteiger charge is -2.18. The molecule has 0 saturated carbocycles. The fourth-order valence-electron chi connectivity index (χ4n) is 1.91. The van der Waals surface area contributed by atoms with Crippen molar-refractivity contribution in [3.63, 3.8) is 0 Å². The Morgan fingerprint density at radius 1 is 1.47 bits per heavy atom. The highest BCUT2D eigenvalue weighted by Crippen LogP contribution is 2.15. The summed E-state index contributed by atoms with van der Waals surface area (Å²) in [7, 11) is 1.72. The summed E-state index contributed by atoms with van der Waals surface area (Å²) in [6.45, 7) is 2.85. The maximum Gasteiger partial charge on any atom is 0.152 e. The zero-order valence-corrected chi connectivity index (χ0v) is 10.3. The second kappa shape index (κ2) is 5.63. The molecular formula is C12H18N4O. The molecule has 0 spiro atoms. The number of hydrogen-bond donors (Lipinski definition) is 1. The molecule has 2 aromatic rings. The van der Waals surface area contributed by atoms with Gasteiger partial charge in [-0.25, -0.2) is 9.50 Å². The Morgan fingerprint density at radius 3 is 3.12 bits per heavy atom.